The van der Waals surface area contributed by atoms with Gasteiger partial charge in [-0.2, -0.15) is 0 Å². The van der Waals surface area contributed by atoms with E-state index in [1.165, 1.54) is 6.33 Å². The highest BCUT2D eigenvalue weighted by Gasteiger charge is 2.10. The van der Waals surface area contributed by atoms with Crippen LogP contribution in [0, 0.1) is 0 Å². The van der Waals surface area contributed by atoms with Crippen LogP contribution in [0.5, 0.6) is 5.75 Å². The van der Waals surface area contributed by atoms with Crippen molar-refractivity contribution in [1.82, 2.24) is 9.97 Å². The zero-order valence-corrected chi connectivity index (χ0v) is 14.3. The molecule has 0 fully saturated rings. The molecule has 3 rings (SSSR count). The molecule has 2 aromatic carbocycles. The molecule has 6 heteroatoms. The van der Waals surface area contributed by atoms with E-state index in [2.05, 4.69) is 9.97 Å². The Hall–Kier alpha value is -2.92. The van der Waals surface area contributed by atoms with E-state index in [9.17, 15) is 4.79 Å². The highest BCUT2D eigenvalue weighted by Crippen LogP contribution is 2.28. The van der Waals surface area contributed by atoms with Crippen LogP contribution in [0.25, 0.3) is 11.3 Å². The third-order valence-corrected chi connectivity index (χ3v) is 4.12. The number of primary amides is 1. The molecule has 0 unspecified atom stereocenters. The Labute approximate surface area is 150 Å². The average molecular weight is 354 g/mol. The molecule has 2 N–H and O–H groups in total. The number of aromatic nitrogens is 2. The normalized spacial score (nSPS) is 10.5. The second kappa shape index (κ2) is 7.32. The zero-order valence-electron chi connectivity index (χ0n) is 13.6. The van der Waals surface area contributed by atoms with Gasteiger partial charge in [-0.25, -0.2) is 9.97 Å². The van der Waals surface area contributed by atoms with Crippen LogP contribution in [0.3, 0.4) is 0 Å². The third kappa shape index (κ3) is 3.78. The number of nitrogens with two attached hydrogens (primary N) is 1. The van der Waals surface area contributed by atoms with Crippen LogP contribution in [0.4, 0.5) is 0 Å². The van der Waals surface area contributed by atoms with Gasteiger partial charge in [0.25, 0.3) is 0 Å². The van der Waals surface area contributed by atoms with Crippen molar-refractivity contribution in [2.45, 2.75) is 6.42 Å². The molecule has 5 nitrogen and oxygen atoms in total. The second-order valence-electron chi connectivity index (χ2n) is 5.45. The second-order valence-corrected chi connectivity index (χ2v) is 5.86. The maximum Gasteiger partial charge on any atom is 0.250 e. The van der Waals surface area contributed by atoms with Crippen LogP contribution < -0.4 is 10.5 Å². The Morgan fingerprint density at radius 2 is 1.96 bits per heavy atom. The number of benzene rings is 2. The Morgan fingerprint density at radius 1 is 1.16 bits per heavy atom. The van der Waals surface area contributed by atoms with E-state index >= 15 is 0 Å². The Bertz CT molecular complexity index is 928. The number of halogens is 1. The molecule has 126 valence electrons. The van der Waals surface area contributed by atoms with Gasteiger partial charge in [0, 0.05) is 17.7 Å². The van der Waals surface area contributed by atoms with E-state index in [4.69, 9.17) is 22.1 Å². The first-order chi connectivity index (χ1) is 12.1. The minimum atomic E-state index is -0.552. The SMILES string of the molecule is COc1ccccc1-c1cc(Cc2ccc(Cl)c(C(N)=O)c2)ncn1. The van der Waals surface area contributed by atoms with E-state index in [1.54, 1.807) is 19.2 Å². The number of ether oxygens (including phenoxy) is 1. The Morgan fingerprint density at radius 3 is 2.72 bits per heavy atom. The maximum atomic E-state index is 11.4. The molecule has 25 heavy (non-hydrogen) atoms. The van der Waals surface area contributed by atoms with Gasteiger partial charge in [-0.3, -0.25) is 4.79 Å². The van der Waals surface area contributed by atoms with Crippen LogP contribution in [-0.2, 0) is 6.42 Å². The van der Waals surface area contributed by atoms with Gasteiger partial charge in [0.15, 0.2) is 0 Å². The fourth-order valence-corrected chi connectivity index (χ4v) is 2.79. The van der Waals surface area contributed by atoms with Crippen LogP contribution in [0.2, 0.25) is 5.02 Å². The van der Waals surface area contributed by atoms with Crippen LogP contribution >= 0.6 is 11.6 Å². The maximum absolute atomic E-state index is 11.4. The molecule has 1 amide bonds. The van der Waals surface area contributed by atoms with Gasteiger partial charge in [-0.1, -0.05) is 29.8 Å². The monoisotopic (exact) mass is 353 g/mol. The molecule has 0 atom stereocenters. The van der Waals surface area contributed by atoms with Gasteiger partial charge in [-0.05, 0) is 35.9 Å². The molecule has 1 aromatic heterocycles. The summed E-state index contributed by atoms with van der Waals surface area (Å²) in [5.74, 6) is 0.193. The number of hydrogen-bond acceptors (Lipinski definition) is 4. The van der Waals surface area contributed by atoms with Gasteiger partial charge in [0.2, 0.25) is 5.91 Å². The smallest absolute Gasteiger partial charge is 0.250 e. The molecule has 0 aliphatic rings. The fourth-order valence-electron chi connectivity index (χ4n) is 2.58. The van der Waals surface area contributed by atoms with Crippen molar-refractivity contribution in [2.24, 2.45) is 5.73 Å². The molecule has 0 bridgehead atoms. The lowest BCUT2D eigenvalue weighted by Crippen LogP contribution is -2.12. The van der Waals surface area contributed by atoms with Gasteiger partial charge < -0.3 is 10.5 Å². The molecule has 0 saturated carbocycles. The zero-order chi connectivity index (χ0) is 17.8. The van der Waals surface area contributed by atoms with Crippen LogP contribution in [0.15, 0.2) is 54.9 Å². The van der Waals surface area contributed by atoms with Crippen LogP contribution in [-0.4, -0.2) is 23.0 Å². The summed E-state index contributed by atoms with van der Waals surface area (Å²) < 4.78 is 5.39. The molecular formula is C19H16ClN3O2. The van der Waals surface area contributed by atoms with Gasteiger partial charge >= 0.3 is 0 Å². The van der Waals surface area contributed by atoms with Gasteiger partial charge in [0.05, 0.1) is 23.4 Å². The lowest BCUT2D eigenvalue weighted by Gasteiger charge is -2.09. The largest absolute Gasteiger partial charge is 0.496 e. The molecule has 0 aliphatic carbocycles. The number of rotatable bonds is 5. The molecule has 0 radical (unpaired) electrons. The number of nitrogens with zero attached hydrogens (tertiary/aromatic N) is 2. The average Bonchev–Trinajstić information content (AvgIpc) is 2.63. The molecular weight excluding hydrogens is 338 g/mol. The summed E-state index contributed by atoms with van der Waals surface area (Å²) in [4.78, 5) is 20.1. The van der Waals surface area contributed by atoms with Gasteiger partial charge in [-0.15, -0.1) is 0 Å². The first-order valence-electron chi connectivity index (χ1n) is 7.61. The van der Waals surface area contributed by atoms with E-state index in [1.807, 2.05) is 36.4 Å². The summed E-state index contributed by atoms with van der Waals surface area (Å²) in [5, 5.41) is 0.341. The summed E-state index contributed by atoms with van der Waals surface area (Å²) in [5.41, 5.74) is 9.02. The lowest BCUT2D eigenvalue weighted by molar-refractivity contribution is 0.100. The van der Waals surface area contributed by atoms with Crippen molar-refractivity contribution < 1.29 is 9.53 Å². The van der Waals surface area contributed by atoms with E-state index < -0.39 is 5.91 Å². The molecule has 0 saturated heterocycles. The van der Waals surface area contributed by atoms with Crippen molar-refractivity contribution in [3.63, 3.8) is 0 Å². The number of carbonyl (C=O) groups is 1. The standard InChI is InChI=1S/C19H16ClN3O2/c1-25-18-5-3-2-4-14(18)17-10-13(22-11-23-17)8-12-6-7-16(20)15(9-12)19(21)24/h2-7,9-11H,8H2,1H3,(H2,21,24). The van der Waals surface area contributed by atoms with Crippen molar-refractivity contribution in [2.75, 3.05) is 7.11 Å². The van der Waals surface area contributed by atoms with E-state index in [-0.39, 0.29) is 0 Å². The number of carbonyl (C=O) groups excluding carboxylic acids is 1. The minimum Gasteiger partial charge on any atom is -0.496 e. The van der Waals surface area contributed by atoms with Crippen LogP contribution in [0.1, 0.15) is 21.6 Å². The summed E-state index contributed by atoms with van der Waals surface area (Å²) in [6.45, 7) is 0. The first kappa shape index (κ1) is 16.9. The first-order valence-corrected chi connectivity index (χ1v) is 7.99. The van der Waals surface area contributed by atoms with Crippen molar-refractivity contribution in [1.29, 1.82) is 0 Å². The highest BCUT2D eigenvalue weighted by molar-refractivity contribution is 6.33. The van der Waals surface area contributed by atoms with E-state index in [0.29, 0.717) is 17.0 Å². The summed E-state index contributed by atoms with van der Waals surface area (Å²) >= 11 is 5.99. The molecule has 3 aromatic rings. The number of para-hydroxylation sites is 1. The van der Waals surface area contributed by atoms with E-state index in [0.717, 1.165) is 28.3 Å². The topological polar surface area (TPSA) is 78.1 Å². The third-order valence-electron chi connectivity index (χ3n) is 3.79. The predicted octanol–water partition coefficient (Wildman–Crippen LogP) is 3.50. The predicted molar refractivity (Wildman–Crippen MR) is 96.8 cm³/mol. The number of methoxy groups -OCH3 is 1. The van der Waals surface area contributed by atoms with Crippen molar-refractivity contribution >= 4 is 17.5 Å². The molecule has 0 aliphatic heterocycles. The summed E-state index contributed by atoms with van der Waals surface area (Å²) in [6, 6.07) is 14.8. The Balaban J connectivity index is 1.93. The number of amides is 1. The fraction of sp³-hybridized carbons (Fsp3) is 0.105. The lowest BCUT2D eigenvalue weighted by atomic mass is 10.0. The van der Waals surface area contributed by atoms with Crippen molar-refractivity contribution in [3.05, 3.63) is 76.7 Å². The van der Waals surface area contributed by atoms with Gasteiger partial charge in [0.1, 0.15) is 12.1 Å². The minimum absolute atomic E-state index is 0.304. The quantitative estimate of drug-likeness (QED) is 0.761. The highest BCUT2D eigenvalue weighted by atomic mass is 35.5. The number of hydrogen-bond donors (Lipinski definition) is 1. The summed E-state index contributed by atoms with van der Waals surface area (Å²) in [7, 11) is 1.63. The molecule has 1 heterocycles. The summed E-state index contributed by atoms with van der Waals surface area (Å²) in [6.07, 6.45) is 2.05. The molecule has 0 spiro atoms. The van der Waals surface area contributed by atoms with Crippen molar-refractivity contribution in [3.8, 4) is 17.0 Å². The Kier molecular flexibility index (Phi) is 4.95.